The van der Waals surface area contributed by atoms with Crippen molar-refractivity contribution in [3.63, 3.8) is 0 Å². The average molecular weight is 371 g/mol. The van der Waals surface area contributed by atoms with Gasteiger partial charge in [0.15, 0.2) is 0 Å². The average Bonchev–Trinajstić information content (AvgIpc) is 2.49. The number of phosphoric ester groups is 1. The topological polar surface area (TPSA) is 72.4 Å². The first kappa shape index (κ1) is 27.3. The van der Waals surface area contributed by atoms with E-state index in [0.29, 0.717) is 6.42 Å². The minimum Gasteiger partial charge on any atom is -0.790 e. The summed E-state index contributed by atoms with van der Waals surface area (Å²) in [4.78, 5) is 20.5. The summed E-state index contributed by atoms with van der Waals surface area (Å²) in [5.41, 5.74) is 0. The zero-order valence-electron chi connectivity index (χ0n) is 16.1. The van der Waals surface area contributed by atoms with Crippen molar-refractivity contribution in [1.29, 1.82) is 0 Å². The van der Waals surface area contributed by atoms with Crippen LogP contribution in [0.2, 0.25) is 0 Å². The van der Waals surface area contributed by atoms with Gasteiger partial charge in [0.05, 0.1) is 14.4 Å². The van der Waals surface area contributed by atoms with Crippen LogP contribution in [0.15, 0.2) is 0 Å². The largest absolute Gasteiger partial charge is 1.00 e. The molecule has 0 rings (SSSR count). The molecule has 0 amide bonds. The monoisotopic (exact) mass is 371 g/mol. The van der Waals surface area contributed by atoms with Gasteiger partial charge in [-0.2, -0.15) is 0 Å². The van der Waals surface area contributed by atoms with Gasteiger partial charge in [0.2, 0.25) is 0 Å². The van der Waals surface area contributed by atoms with E-state index in [4.69, 9.17) is 0 Å². The number of unbranched alkanes of at least 4 members (excludes halogenated alkanes) is 15. The van der Waals surface area contributed by atoms with Crippen molar-refractivity contribution >= 4 is 7.82 Å². The van der Waals surface area contributed by atoms with Crippen molar-refractivity contribution in [3.05, 3.63) is 0 Å². The molecule has 0 radical (unpaired) electrons. The molecule has 0 aliphatic heterocycles. The Hall–Kier alpha value is 1.11. The molecule has 0 N–H and O–H groups in total. The van der Waals surface area contributed by atoms with Crippen LogP contribution in [0.5, 0.6) is 0 Å². The zero-order chi connectivity index (χ0) is 17.2. The molecule has 0 aromatic carbocycles. The third kappa shape index (κ3) is 25.4. The predicted molar refractivity (Wildman–Crippen MR) is 93.1 cm³/mol. The van der Waals surface area contributed by atoms with Gasteiger partial charge < -0.3 is 18.9 Å². The van der Waals surface area contributed by atoms with Crippen LogP contribution in [-0.4, -0.2) is 6.61 Å². The Balaban J connectivity index is 0. The molecule has 24 heavy (non-hydrogen) atoms. The SMILES string of the molecule is CCCCCCCCCCCCCCCCCCOP(=O)([O-])[O-].[Na+]. The van der Waals surface area contributed by atoms with Gasteiger partial charge in [0.1, 0.15) is 0 Å². The molecule has 140 valence electrons. The molecule has 6 heteroatoms. The van der Waals surface area contributed by atoms with Crippen LogP contribution in [-0.2, 0) is 9.09 Å². The quantitative estimate of drug-likeness (QED) is 0.210. The molecule has 0 aromatic rings. The van der Waals surface area contributed by atoms with E-state index in [1.54, 1.807) is 0 Å². The summed E-state index contributed by atoms with van der Waals surface area (Å²) in [6.07, 6.45) is 20.3. The summed E-state index contributed by atoms with van der Waals surface area (Å²) in [6.45, 7) is 2.30. The van der Waals surface area contributed by atoms with Crippen molar-refractivity contribution in [2.24, 2.45) is 0 Å². The first-order chi connectivity index (χ1) is 11.1. The fraction of sp³-hybridized carbons (Fsp3) is 1.00. The van der Waals surface area contributed by atoms with E-state index >= 15 is 0 Å². The van der Waals surface area contributed by atoms with E-state index in [-0.39, 0.29) is 36.2 Å². The smallest absolute Gasteiger partial charge is 0.790 e. The van der Waals surface area contributed by atoms with Crippen molar-refractivity contribution in [2.45, 2.75) is 110 Å². The molecule has 0 bridgehead atoms. The first-order valence-corrected chi connectivity index (χ1v) is 11.2. The second-order valence-corrected chi connectivity index (χ2v) is 7.74. The molecule has 0 fully saturated rings. The third-order valence-electron chi connectivity index (χ3n) is 4.25. The van der Waals surface area contributed by atoms with Gasteiger partial charge in [-0.15, -0.1) is 0 Å². The van der Waals surface area contributed by atoms with Gasteiger partial charge in [0.25, 0.3) is 0 Å². The molecule has 0 atom stereocenters. The fourth-order valence-electron chi connectivity index (χ4n) is 2.83. The molecule has 0 saturated carbocycles. The maximum atomic E-state index is 10.2. The summed E-state index contributed by atoms with van der Waals surface area (Å²) in [7, 11) is -4.76. The maximum Gasteiger partial charge on any atom is 1.00 e. The second-order valence-electron chi connectivity index (χ2n) is 6.58. The van der Waals surface area contributed by atoms with Crippen LogP contribution in [0.25, 0.3) is 0 Å². The number of rotatable bonds is 18. The number of hydrogen-bond acceptors (Lipinski definition) is 4. The van der Waals surface area contributed by atoms with Gasteiger partial charge >= 0.3 is 29.6 Å². The number of hydrogen-bond donors (Lipinski definition) is 0. The summed E-state index contributed by atoms with van der Waals surface area (Å²) in [5.74, 6) is 0. The van der Waals surface area contributed by atoms with E-state index in [9.17, 15) is 14.4 Å². The Morgan fingerprint density at radius 1 is 0.625 bits per heavy atom. The van der Waals surface area contributed by atoms with Crippen molar-refractivity contribution in [1.82, 2.24) is 0 Å². The Kier molecular flexibility index (Phi) is 23.3. The van der Waals surface area contributed by atoms with Gasteiger partial charge in [-0.1, -0.05) is 103 Å². The summed E-state index contributed by atoms with van der Waals surface area (Å²) in [5, 5.41) is 0. The zero-order valence-corrected chi connectivity index (χ0v) is 19.0. The predicted octanol–water partition coefficient (Wildman–Crippen LogP) is 2.10. The molecule has 0 aromatic heterocycles. The van der Waals surface area contributed by atoms with Crippen molar-refractivity contribution in [3.8, 4) is 0 Å². The van der Waals surface area contributed by atoms with Crippen LogP contribution < -0.4 is 39.3 Å². The molecule has 4 nitrogen and oxygen atoms in total. The van der Waals surface area contributed by atoms with Crippen LogP contribution >= 0.6 is 7.82 Å². The standard InChI is InChI=1S/C18H39O4P.Na/c1-2-3-4-5-6-7-8-9-10-11-12-13-14-15-16-17-18-22-23(19,20)21;/h2-18H2,1H3,(H2,19,20,21);/q;+1/p-2. The van der Waals surface area contributed by atoms with Crippen LogP contribution in [0.1, 0.15) is 110 Å². The minimum atomic E-state index is -4.76. The Morgan fingerprint density at radius 2 is 0.917 bits per heavy atom. The van der Waals surface area contributed by atoms with Gasteiger partial charge in [0, 0.05) is 0 Å². The first-order valence-electron chi connectivity index (χ1n) is 9.73. The Labute approximate surface area is 172 Å². The second kappa shape index (κ2) is 20.4. The van der Waals surface area contributed by atoms with E-state index in [2.05, 4.69) is 11.4 Å². The maximum absolute atomic E-state index is 10.2. The normalized spacial score (nSPS) is 11.5. The molecular weight excluding hydrogens is 334 g/mol. The van der Waals surface area contributed by atoms with E-state index in [1.165, 1.54) is 83.5 Å². The fourth-order valence-corrected chi connectivity index (χ4v) is 3.18. The molecule has 0 spiro atoms. The van der Waals surface area contributed by atoms with Gasteiger partial charge in [-0.3, -0.25) is 0 Å². The summed E-state index contributed by atoms with van der Waals surface area (Å²) >= 11 is 0. The summed E-state index contributed by atoms with van der Waals surface area (Å²) in [6, 6.07) is 0. The molecule has 0 unspecified atom stereocenters. The molecular formula is C18H37NaO4P-. The van der Waals surface area contributed by atoms with E-state index in [1.807, 2.05) is 0 Å². The minimum absolute atomic E-state index is 0. The third-order valence-corrected chi connectivity index (χ3v) is 4.75. The Morgan fingerprint density at radius 3 is 1.21 bits per heavy atom. The van der Waals surface area contributed by atoms with E-state index in [0.717, 1.165) is 12.8 Å². The van der Waals surface area contributed by atoms with Gasteiger partial charge in [-0.05, 0) is 6.42 Å². The van der Waals surface area contributed by atoms with Crippen molar-refractivity contribution < 1.29 is 48.4 Å². The molecule has 0 aliphatic rings. The molecule has 0 saturated heterocycles. The van der Waals surface area contributed by atoms with Crippen LogP contribution in [0.3, 0.4) is 0 Å². The molecule has 0 aliphatic carbocycles. The van der Waals surface area contributed by atoms with E-state index < -0.39 is 7.82 Å². The molecule has 0 heterocycles. The Bertz CT molecular complexity index is 284. The summed E-state index contributed by atoms with van der Waals surface area (Å²) < 4.78 is 14.4. The number of phosphoric acid groups is 1. The van der Waals surface area contributed by atoms with Crippen molar-refractivity contribution in [2.75, 3.05) is 6.61 Å². The van der Waals surface area contributed by atoms with Crippen LogP contribution in [0.4, 0.5) is 0 Å². The van der Waals surface area contributed by atoms with Gasteiger partial charge in [-0.25, -0.2) is 0 Å². The van der Waals surface area contributed by atoms with Crippen LogP contribution in [0, 0.1) is 0 Å².